The molecule has 8 nitrogen and oxygen atoms in total. The number of rotatable bonds is 7. The van der Waals surface area contributed by atoms with Crippen LogP contribution in [0.15, 0.2) is 28.8 Å². The lowest BCUT2D eigenvalue weighted by Gasteiger charge is -2.33. The topological polar surface area (TPSA) is 92.5 Å². The summed E-state index contributed by atoms with van der Waals surface area (Å²) in [6.45, 7) is 12.5. The van der Waals surface area contributed by atoms with Crippen molar-refractivity contribution in [2.45, 2.75) is 39.7 Å². The van der Waals surface area contributed by atoms with E-state index in [1.54, 1.807) is 0 Å². The number of anilines is 1. The Morgan fingerprint density at radius 3 is 2.66 bits per heavy atom. The van der Waals surface area contributed by atoms with Gasteiger partial charge in [0.2, 0.25) is 0 Å². The lowest BCUT2D eigenvalue weighted by Crippen LogP contribution is -2.48. The first-order valence-electron chi connectivity index (χ1n) is 10.2. The molecular formula is C21H31N5O3. The standard InChI is InChI=1S/C21H31N5O3/c1-14(2)12-26-9-10-28-18(13-26)11-22-21(27)23-17-7-5-16(6-8-17)20-24-19(15(3)4)25-29-20/h5-8,14-15,18H,9-13H2,1-4H3,(H2,22,23,27). The minimum Gasteiger partial charge on any atom is -0.374 e. The third-order valence-electron chi connectivity index (χ3n) is 4.68. The van der Waals surface area contributed by atoms with Crippen LogP contribution in [0.1, 0.15) is 39.4 Å². The number of nitrogens with zero attached hydrogens (tertiary/aromatic N) is 3. The molecule has 0 saturated carbocycles. The Morgan fingerprint density at radius 2 is 2.00 bits per heavy atom. The molecule has 158 valence electrons. The number of hydrogen-bond acceptors (Lipinski definition) is 6. The molecule has 1 unspecified atom stereocenters. The average Bonchev–Trinajstić information content (AvgIpc) is 3.17. The van der Waals surface area contributed by atoms with Gasteiger partial charge in [-0.15, -0.1) is 0 Å². The molecular weight excluding hydrogens is 370 g/mol. The zero-order valence-electron chi connectivity index (χ0n) is 17.6. The summed E-state index contributed by atoms with van der Waals surface area (Å²) in [5.41, 5.74) is 1.51. The number of ether oxygens (including phenoxy) is 1. The number of urea groups is 1. The highest BCUT2D eigenvalue weighted by Crippen LogP contribution is 2.21. The van der Waals surface area contributed by atoms with E-state index >= 15 is 0 Å². The fraction of sp³-hybridized carbons (Fsp3) is 0.571. The summed E-state index contributed by atoms with van der Waals surface area (Å²) >= 11 is 0. The van der Waals surface area contributed by atoms with E-state index in [1.807, 2.05) is 38.1 Å². The Hall–Kier alpha value is -2.45. The first-order valence-corrected chi connectivity index (χ1v) is 10.2. The Morgan fingerprint density at radius 1 is 1.24 bits per heavy atom. The average molecular weight is 402 g/mol. The third-order valence-corrected chi connectivity index (χ3v) is 4.68. The molecule has 0 aliphatic carbocycles. The molecule has 1 atom stereocenters. The van der Waals surface area contributed by atoms with Crippen molar-refractivity contribution < 1.29 is 14.1 Å². The highest BCUT2D eigenvalue weighted by molar-refractivity contribution is 5.89. The largest absolute Gasteiger partial charge is 0.374 e. The molecule has 1 fully saturated rings. The lowest BCUT2D eigenvalue weighted by atomic mass is 10.2. The molecule has 0 bridgehead atoms. The molecule has 8 heteroatoms. The van der Waals surface area contributed by atoms with Crippen LogP contribution in [0.3, 0.4) is 0 Å². The van der Waals surface area contributed by atoms with Gasteiger partial charge in [0.1, 0.15) is 0 Å². The molecule has 1 aliphatic heterocycles. The van der Waals surface area contributed by atoms with E-state index in [-0.39, 0.29) is 18.1 Å². The maximum absolute atomic E-state index is 12.2. The number of carbonyl (C=O) groups excluding carboxylic acids is 1. The number of amides is 2. The quantitative estimate of drug-likeness (QED) is 0.739. The summed E-state index contributed by atoms with van der Waals surface area (Å²) in [4.78, 5) is 19.0. The van der Waals surface area contributed by atoms with E-state index in [0.29, 0.717) is 36.5 Å². The van der Waals surface area contributed by atoms with Crippen molar-refractivity contribution in [3.05, 3.63) is 30.1 Å². The Labute approximate surface area is 172 Å². The van der Waals surface area contributed by atoms with Crippen LogP contribution in [0.25, 0.3) is 11.5 Å². The highest BCUT2D eigenvalue weighted by atomic mass is 16.5. The summed E-state index contributed by atoms with van der Waals surface area (Å²) in [6, 6.07) is 7.08. The first-order chi connectivity index (χ1) is 13.9. The van der Waals surface area contributed by atoms with Crippen molar-refractivity contribution >= 4 is 11.7 Å². The van der Waals surface area contributed by atoms with Gasteiger partial charge in [-0.1, -0.05) is 32.9 Å². The number of nitrogens with one attached hydrogen (secondary N) is 2. The summed E-state index contributed by atoms with van der Waals surface area (Å²) in [5, 5.41) is 9.71. The maximum Gasteiger partial charge on any atom is 0.319 e. The van der Waals surface area contributed by atoms with Crippen LogP contribution in [0.5, 0.6) is 0 Å². The summed E-state index contributed by atoms with van der Waals surface area (Å²) in [6.07, 6.45) is 0.0169. The number of morpholine rings is 1. The second-order valence-electron chi connectivity index (χ2n) is 8.17. The summed E-state index contributed by atoms with van der Waals surface area (Å²) in [5.74, 6) is 1.99. The predicted molar refractivity (Wildman–Crippen MR) is 112 cm³/mol. The van der Waals surface area contributed by atoms with E-state index in [9.17, 15) is 4.79 Å². The number of hydrogen-bond donors (Lipinski definition) is 2. The molecule has 2 N–H and O–H groups in total. The van der Waals surface area contributed by atoms with Crippen molar-refractivity contribution in [3.8, 4) is 11.5 Å². The molecule has 1 saturated heterocycles. The molecule has 0 spiro atoms. The van der Waals surface area contributed by atoms with Gasteiger partial charge >= 0.3 is 6.03 Å². The minimum atomic E-state index is -0.248. The molecule has 1 aliphatic rings. The van der Waals surface area contributed by atoms with Crippen LogP contribution < -0.4 is 10.6 Å². The molecule has 0 radical (unpaired) electrons. The van der Waals surface area contributed by atoms with Crippen molar-refractivity contribution in [1.29, 1.82) is 0 Å². The Kier molecular flexibility index (Phi) is 7.22. The molecule has 29 heavy (non-hydrogen) atoms. The monoisotopic (exact) mass is 401 g/mol. The lowest BCUT2D eigenvalue weighted by molar-refractivity contribution is -0.0288. The van der Waals surface area contributed by atoms with E-state index in [0.717, 1.165) is 25.2 Å². The fourth-order valence-corrected chi connectivity index (χ4v) is 3.25. The van der Waals surface area contributed by atoms with E-state index in [4.69, 9.17) is 9.26 Å². The van der Waals surface area contributed by atoms with Crippen LogP contribution in [0.4, 0.5) is 10.5 Å². The number of aromatic nitrogens is 2. The number of benzene rings is 1. The molecule has 1 aromatic carbocycles. The predicted octanol–water partition coefficient (Wildman–Crippen LogP) is 3.34. The van der Waals surface area contributed by atoms with Gasteiger partial charge in [0.25, 0.3) is 5.89 Å². The molecule has 2 heterocycles. The molecule has 1 aromatic heterocycles. The smallest absolute Gasteiger partial charge is 0.319 e. The van der Waals surface area contributed by atoms with Gasteiger partial charge < -0.3 is 19.9 Å². The van der Waals surface area contributed by atoms with Gasteiger partial charge in [0.15, 0.2) is 5.82 Å². The summed E-state index contributed by atoms with van der Waals surface area (Å²) < 4.78 is 11.1. The second kappa shape index (κ2) is 9.84. The SMILES string of the molecule is CC(C)CN1CCOC(CNC(=O)Nc2ccc(-c3nc(C(C)C)no3)cc2)C1. The number of carbonyl (C=O) groups is 1. The van der Waals surface area contributed by atoms with Crippen LogP contribution in [-0.4, -0.2) is 60.0 Å². The maximum atomic E-state index is 12.2. The Bertz CT molecular complexity index is 788. The van der Waals surface area contributed by atoms with Crippen LogP contribution in [0, 0.1) is 5.92 Å². The van der Waals surface area contributed by atoms with E-state index in [1.165, 1.54) is 0 Å². The van der Waals surface area contributed by atoms with Crippen molar-refractivity contribution in [1.82, 2.24) is 20.4 Å². The van der Waals surface area contributed by atoms with Crippen LogP contribution in [-0.2, 0) is 4.74 Å². The normalized spacial score (nSPS) is 17.7. The third kappa shape index (κ3) is 6.27. The van der Waals surface area contributed by atoms with E-state index < -0.39 is 0 Å². The zero-order chi connectivity index (χ0) is 20.8. The van der Waals surface area contributed by atoms with Crippen molar-refractivity contribution in [3.63, 3.8) is 0 Å². The molecule has 2 amide bonds. The summed E-state index contributed by atoms with van der Waals surface area (Å²) in [7, 11) is 0. The zero-order valence-corrected chi connectivity index (χ0v) is 17.6. The van der Waals surface area contributed by atoms with Gasteiger partial charge in [0.05, 0.1) is 12.7 Å². The van der Waals surface area contributed by atoms with Crippen LogP contribution >= 0.6 is 0 Å². The first kappa shape index (κ1) is 21.3. The Balaban J connectivity index is 1.46. The highest BCUT2D eigenvalue weighted by Gasteiger charge is 2.21. The van der Waals surface area contributed by atoms with E-state index in [2.05, 4.69) is 39.5 Å². The minimum absolute atomic E-state index is 0.0169. The van der Waals surface area contributed by atoms with Crippen LogP contribution in [0.2, 0.25) is 0 Å². The van der Waals surface area contributed by atoms with Gasteiger partial charge in [0, 0.05) is 43.3 Å². The van der Waals surface area contributed by atoms with Gasteiger partial charge in [-0.3, -0.25) is 4.90 Å². The van der Waals surface area contributed by atoms with Gasteiger partial charge in [-0.2, -0.15) is 4.98 Å². The second-order valence-corrected chi connectivity index (χ2v) is 8.17. The van der Waals surface area contributed by atoms with Gasteiger partial charge in [-0.05, 0) is 30.2 Å². The van der Waals surface area contributed by atoms with Gasteiger partial charge in [-0.25, -0.2) is 4.79 Å². The molecule has 2 aromatic rings. The molecule has 3 rings (SSSR count). The van der Waals surface area contributed by atoms with Crippen molar-refractivity contribution in [2.24, 2.45) is 5.92 Å². The van der Waals surface area contributed by atoms with Crippen molar-refractivity contribution in [2.75, 3.05) is 38.1 Å². The fourth-order valence-electron chi connectivity index (χ4n) is 3.25.